The van der Waals surface area contributed by atoms with Crippen LogP contribution >= 0.6 is 0 Å². The third-order valence-electron chi connectivity index (χ3n) is 4.80. The van der Waals surface area contributed by atoms with Crippen LogP contribution in [0.4, 0.5) is 0 Å². The number of nitrogens with zero attached hydrogens (tertiary/aromatic N) is 2. The number of rotatable bonds is 9. The molecule has 2 aromatic carbocycles. The zero-order valence-electron chi connectivity index (χ0n) is 17.5. The summed E-state index contributed by atoms with van der Waals surface area (Å²) >= 11 is 0. The van der Waals surface area contributed by atoms with Crippen molar-refractivity contribution >= 4 is 15.9 Å². The van der Waals surface area contributed by atoms with E-state index in [-0.39, 0.29) is 12.2 Å². The van der Waals surface area contributed by atoms with Crippen LogP contribution in [-0.4, -0.2) is 37.2 Å². The van der Waals surface area contributed by atoms with Crippen LogP contribution in [0.3, 0.4) is 0 Å². The SMILES string of the molecule is CS(=O)(=O)NC(=O)c1ccc(COc2cccc(-c3ncc(OCC4CC4)cn3)c2)cc1. The molecule has 32 heavy (non-hydrogen) atoms. The highest BCUT2D eigenvalue weighted by Crippen LogP contribution is 2.29. The number of ether oxygens (including phenoxy) is 2. The quantitative estimate of drug-likeness (QED) is 0.530. The summed E-state index contributed by atoms with van der Waals surface area (Å²) in [6.45, 7) is 1.00. The van der Waals surface area contributed by atoms with E-state index in [1.54, 1.807) is 36.7 Å². The monoisotopic (exact) mass is 453 g/mol. The number of nitrogens with one attached hydrogen (secondary N) is 1. The average molecular weight is 454 g/mol. The van der Waals surface area contributed by atoms with Gasteiger partial charge in [-0.25, -0.2) is 23.1 Å². The van der Waals surface area contributed by atoms with Crippen LogP contribution in [0.1, 0.15) is 28.8 Å². The molecule has 1 aromatic heterocycles. The maximum atomic E-state index is 11.9. The summed E-state index contributed by atoms with van der Waals surface area (Å²) in [7, 11) is -3.60. The molecule has 0 aliphatic heterocycles. The average Bonchev–Trinajstić information content (AvgIpc) is 3.61. The van der Waals surface area contributed by atoms with Gasteiger partial charge in [0.1, 0.15) is 12.4 Å². The summed E-state index contributed by atoms with van der Waals surface area (Å²) in [6.07, 6.45) is 6.76. The van der Waals surface area contributed by atoms with E-state index in [2.05, 4.69) is 9.97 Å². The van der Waals surface area contributed by atoms with Gasteiger partial charge in [0.15, 0.2) is 11.6 Å². The minimum absolute atomic E-state index is 0.253. The minimum atomic E-state index is -3.60. The fourth-order valence-electron chi connectivity index (χ4n) is 2.91. The van der Waals surface area contributed by atoms with E-state index in [0.29, 0.717) is 23.2 Å². The predicted octanol–water partition coefficient (Wildman–Crippen LogP) is 3.20. The fourth-order valence-corrected chi connectivity index (χ4v) is 3.36. The number of amides is 1. The zero-order chi connectivity index (χ0) is 22.6. The molecule has 0 saturated heterocycles. The lowest BCUT2D eigenvalue weighted by atomic mass is 10.1. The lowest BCUT2D eigenvalue weighted by Crippen LogP contribution is -2.29. The Labute approximate surface area is 186 Å². The lowest BCUT2D eigenvalue weighted by Gasteiger charge is -2.09. The van der Waals surface area contributed by atoms with E-state index in [1.165, 1.54) is 12.8 Å². The lowest BCUT2D eigenvalue weighted by molar-refractivity contribution is 0.0981. The van der Waals surface area contributed by atoms with Gasteiger partial charge in [-0.2, -0.15) is 0 Å². The summed E-state index contributed by atoms with van der Waals surface area (Å²) in [5, 5.41) is 0. The van der Waals surface area contributed by atoms with Crippen LogP contribution < -0.4 is 14.2 Å². The molecule has 0 spiro atoms. The normalized spacial score (nSPS) is 13.4. The second-order valence-electron chi connectivity index (χ2n) is 7.71. The van der Waals surface area contributed by atoms with E-state index in [0.717, 1.165) is 24.0 Å². The fraction of sp³-hybridized carbons (Fsp3) is 0.261. The van der Waals surface area contributed by atoms with Crippen LogP contribution in [0.15, 0.2) is 60.9 Å². The molecule has 1 saturated carbocycles. The molecule has 3 aromatic rings. The number of sulfonamides is 1. The maximum Gasteiger partial charge on any atom is 0.264 e. The van der Waals surface area contributed by atoms with Crippen molar-refractivity contribution in [3.8, 4) is 22.9 Å². The summed E-state index contributed by atoms with van der Waals surface area (Å²) < 4.78 is 35.8. The van der Waals surface area contributed by atoms with Crippen LogP contribution in [0, 0.1) is 5.92 Å². The Bertz CT molecular complexity index is 1190. The first-order chi connectivity index (χ1) is 15.4. The molecule has 4 rings (SSSR count). The Morgan fingerprint density at radius 2 is 1.75 bits per heavy atom. The van der Waals surface area contributed by atoms with Gasteiger partial charge in [0.2, 0.25) is 10.0 Å². The summed E-state index contributed by atoms with van der Waals surface area (Å²) in [6, 6.07) is 14.0. The molecule has 0 radical (unpaired) electrons. The molecule has 1 amide bonds. The first-order valence-corrected chi connectivity index (χ1v) is 12.0. The largest absolute Gasteiger partial charge is 0.490 e. The van der Waals surface area contributed by atoms with Gasteiger partial charge in [0.05, 0.1) is 25.3 Å². The third-order valence-corrected chi connectivity index (χ3v) is 5.36. The van der Waals surface area contributed by atoms with E-state index in [4.69, 9.17) is 9.47 Å². The van der Waals surface area contributed by atoms with Gasteiger partial charge < -0.3 is 9.47 Å². The highest BCUT2D eigenvalue weighted by molar-refractivity contribution is 7.89. The molecule has 1 aliphatic carbocycles. The molecular weight excluding hydrogens is 430 g/mol. The Morgan fingerprint density at radius 1 is 1.03 bits per heavy atom. The standard InChI is InChI=1S/C23H23N3O5S/c1-32(28,29)26-23(27)18-9-7-17(8-10-18)14-30-20-4-2-3-19(11-20)22-24-12-21(13-25-22)31-15-16-5-6-16/h2-4,7-13,16H,5-6,14-15H2,1H3,(H,26,27). The maximum absolute atomic E-state index is 11.9. The van der Waals surface area contributed by atoms with Crippen LogP contribution in [0.5, 0.6) is 11.5 Å². The van der Waals surface area contributed by atoms with Crippen molar-refractivity contribution in [2.24, 2.45) is 5.92 Å². The second-order valence-corrected chi connectivity index (χ2v) is 9.46. The summed E-state index contributed by atoms with van der Waals surface area (Å²) in [4.78, 5) is 20.6. The minimum Gasteiger partial charge on any atom is -0.490 e. The Hall–Kier alpha value is -3.46. The van der Waals surface area contributed by atoms with Crippen molar-refractivity contribution in [2.45, 2.75) is 19.4 Å². The smallest absolute Gasteiger partial charge is 0.264 e. The van der Waals surface area contributed by atoms with Gasteiger partial charge >= 0.3 is 0 Å². The predicted molar refractivity (Wildman–Crippen MR) is 119 cm³/mol. The first kappa shape index (κ1) is 21.8. The van der Waals surface area contributed by atoms with E-state index in [9.17, 15) is 13.2 Å². The number of aromatic nitrogens is 2. The van der Waals surface area contributed by atoms with Crippen molar-refractivity contribution in [1.29, 1.82) is 0 Å². The number of carbonyl (C=O) groups excluding carboxylic acids is 1. The van der Waals surface area contributed by atoms with Gasteiger partial charge in [-0.3, -0.25) is 4.79 Å². The molecule has 1 heterocycles. The van der Waals surface area contributed by atoms with Crippen molar-refractivity contribution in [3.05, 3.63) is 72.1 Å². The van der Waals surface area contributed by atoms with E-state index < -0.39 is 15.9 Å². The highest BCUT2D eigenvalue weighted by Gasteiger charge is 2.22. The molecule has 166 valence electrons. The Balaban J connectivity index is 1.35. The van der Waals surface area contributed by atoms with Crippen LogP contribution in [0.25, 0.3) is 11.4 Å². The van der Waals surface area contributed by atoms with Gasteiger partial charge in [-0.05, 0) is 48.6 Å². The van der Waals surface area contributed by atoms with Gasteiger partial charge in [-0.1, -0.05) is 24.3 Å². The molecule has 8 nitrogen and oxygen atoms in total. The van der Waals surface area contributed by atoms with Crippen LogP contribution in [-0.2, 0) is 16.6 Å². The van der Waals surface area contributed by atoms with E-state index >= 15 is 0 Å². The molecule has 9 heteroatoms. The van der Waals surface area contributed by atoms with Crippen molar-refractivity contribution in [2.75, 3.05) is 12.9 Å². The number of hydrogen-bond acceptors (Lipinski definition) is 7. The zero-order valence-corrected chi connectivity index (χ0v) is 18.3. The molecule has 1 aliphatic rings. The number of hydrogen-bond donors (Lipinski definition) is 1. The number of benzene rings is 2. The second kappa shape index (κ2) is 9.35. The van der Waals surface area contributed by atoms with Gasteiger partial charge in [0, 0.05) is 11.1 Å². The molecule has 1 fully saturated rings. The summed E-state index contributed by atoms with van der Waals surface area (Å²) in [5.41, 5.74) is 1.91. The number of carbonyl (C=O) groups is 1. The van der Waals surface area contributed by atoms with Crippen molar-refractivity contribution in [1.82, 2.24) is 14.7 Å². The highest BCUT2D eigenvalue weighted by atomic mass is 32.2. The molecule has 1 N–H and O–H groups in total. The Kier molecular flexibility index (Phi) is 6.36. The first-order valence-electron chi connectivity index (χ1n) is 10.1. The molecule has 0 bridgehead atoms. The third kappa shape index (κ3) is 6.27. The van der Waals surface area contributed by atoms with Crippen LogP contribution in [0.2, 0.25) is 0 Å². The molecule has 0 unspecified atom stereocenters. The topological polar surface area (TPSA) is 107 Å². The van der Waals surface area contributed by atoms with Crippen molar-refractivity contribution in [3.63, 3.8) is 0 Å². The van der Waals surface area contributed by atoms with Gasteiger partial charge in [0.25, 0.3) is 5.91 Å². The molecule has 0 atom stereocenters. The van der Waals surface area contributed by atoms with Gasteiger partial charge in [-0.15, -0.1) is 0 Å². The summed E-state index contributed by atoms with van der Waals surface area (Å²) in [5.74, 6) is 1.90. The Morgan fingerprint density at radius 3 is 2.41 bits per heavy atom. The van der Waals surface area contributed by atoms with E-state index in [1.807, 2.05) is 29.0 Å². The molecular formula is C23H23N3O5S. The van der Waals surface area contributed by atoms with Crippen molar-refractivity contribution < 1.29 is 22.7 Å².